The van der Waals surface area contributed by atoms with Gasteiger partial charge in [0.05, 0.1) is 12.8 Å². The van der Waals surface area contributed by atoms with Gasteiger partial charge in [-0.15, -0.1) is 10.2 Å². The van der Waals surface area contributed by atoms with Crippen molar-refractivity contribution in [3.05, 3.63) is 35.6 Å². The molecule has 0 radical (unpaired) electrons. The van der Waals surface area contributed by atoms with Crippen LogP contribution in [0, 0.1) is 0 Å². The summed E-state index contributed by atoms with van der Waals surface area (Å²) in [4.78, 5) is 14.9. The summed E-state index contributed by atoms with van der Waals surface area (Å²) in [6.45, 7) is 0. The SMILES string of the molecule is COc1ccc(Cl)cc1Nc1nccn2c(NC(=O)O)nnc12. The van der Waals surface area contributed by atoms with Crippen LogP contribution in [0.25, 0.3) is 5.65 Å². The first kappa shape index (κ1) is 14.9. The minimum atomic E-state index is -1.23. The van der Waals surface area contributed by atoms with Gasteiger partial charge in [0.15, 0.2) is 5.82 Å². The number of hydrogen-bond donors (Lipinski definition) is 3. The highest BCUT2D eigenvalue weighted by Crippen LogP contribution is 2.31. The lowest BCUT2D eigenvalue weighted by molar-refractivity contribution is 0.209. The molecule has 0 fully saturated rings. The van der Waals surface area contributed by atoms with Gasteiger partial charge in [-0.25, -0.2) is 9.78 Å². The Morgan fingerprint density at radius 3 is 2.96 bits per heavy atom. The number of carboxylic acid groups (broad SMARTS) is 1. The lowest BCUT2D eigenvalue weighted by Crippen LogP contribution is -2.10. The van der Waals surface area contributed by atoms with Crippen molar-refractivity contribution < 1.29 is 14.6 Å². The van der Waals surface area contributed by atoms with E-state index in [2.05, 4.69) is 25.8 Å². The Labute approximate surface area is 134 Å². The van der Waals surface area contributed by atoms with Crippen LogP contribution in [0.4, 0.5) is 22.2 Å². The van der Waals surface area contributed by atoms with Gasteiger partial charge in [0.1, 0.15) is 5.75 Å². The van der Waals surface area contributed by atoms with E-state index in [-0.39, 0.29) is 5.95 Å². The number of amides is 1. The molecule has 2 heterocycles. The molecule has 0 saturated carbocycles. The summed E-state index contributed by atoms with van der Waals surface area (Å²) < 4.78 is 6.72. The van der Waals surface area contributed by atoms with Gasteiger partial charge in [-0.3, -0.25) is 9.72 Å². The second-order valence-electron chi connectivity index (χ2n) is 4.39. The Balaban J connectivity index is 2.02. The van der Waals surface area contributed by atoms with Crippen LogP contribution in [-0.2, 0) is 0 Å². The lowest BCUT2D eigenvalue weighted by Gasteiger charge is -2.11. The predicted octanol–water partition coefficient (Wildman–Crippen LogP) is 2.62. The second-order valence-corrected chi connectivity index (χ2v) is 4.83. The van der Waals surface area contributed by atoms with Gasteiger partial charge >= 0.3 is 6.09 Å². The van der Waals surface area contributed by atoms with Gasteiger partial charge in [-0.05, 0) is 18.2 Å². The van der Waals surface area contributed by atoms with E-state index in [4.69, 9.17) is 21.4 Å². The van der Waals surface area contributed by atoms with Crippen LogP contribution in [0.15, 0.2) is 30.6 Å². The summed E-state index contributed by atoms with van der Waals surface area (Å²) in [6.07, 6.45) is 1.80. The molecule has 0 aliphatic rings. The monoisotopic (exact) mass is 334 g/mol. The molecule has 0 unspecified atom stereocenters. The fraction of sp³-hybridized carbons (Fsp3) is 0.0769. The van der Waals surface area contributed by atoms with Crippen molar-refractivity contribution in [2.24, 2.45) is 0 Å². The zero-order chi connectivity index (χ0) is 16.4. The molecule has 3 rings (SSSR count). The first-order valence-corrected chi connectivity index (χ1v) is 6.76. The third kappa shape index (κ3) is 2.94. The fourth-order valence-corrected chi connectivity index (χ4v) is 2.17. The second kappa shape index (κ2) is 5.97. The molecule has 0 atom stereocenters. The van der Waals surface area contributed by atoms with E-state index < -0.39 is 6.09 Å². The van der Waals surface area contributed by atoms with Gasteiger partial charge in [0.25, 0.3) is 0 Å². The predicted molar refractivity (Wildman–Crippen MR) is 83.7 cm³/mol. The Morgan fingerprint density at radius 1 is 1.39 bits per heavy atom. The number of hydrogen-bond acceptors (Lipinski definition) is 6. The minimum Gasteiger partial charge on any atom is -0.495 e. The highest BCUT2D eigenvalue weighted by atomic mass is 35.5. The summed E-state index contributed by atoms with van der Waals surface area (Å²) in [5, 5.41) is 22.2. The molecule has 3 N–H and O–H groups in total. The Hall–Kier alpha value is -3.07. The largest absolute Gasteiger partial charge is 0.495 e. The van der Waals surface area contributed by atoms with Crippen molar-refractivity contribution >= 4 is 40.8 Å². The summed E-state index contributed by atoms with van der Waals surface area (Å²) in [7, 11) is 1.54. The molecule has 1 aromatic carbocycles. The molecule has 1 amide bonds. The zero-order valence-corrected chi connectivity index (χ0v) is 12.6. The summed E-state index contributed by atoms with van der Waals surface area (Å²) in [6, 6.07) is 5.09. The van der Waals surface area contributed by atoms with Gasteiger partial charge in [0.2, 0.25) is 11.6 Å². The van der Waals surface area contributed by atoms with Crippen molar-refractivity contribution in [2.45, 2.75) is 0 Å². The van der Waals surface area contributed by atoms with Crippen molar-refractivity contribution in [3.8, 4) is 5.75 Å². The maximum Gasteiger partial charge on any atom is 0.411 e. The molecule has 10 heteroatoms. The molecule has 0 aliphatic carbocycles. The van der Waals surface area contributed by atoms with Crippen LogP contribution in [0.2, 0.25) is 5.02 Å². The van der Waals surface area contributed by atoms with Crippen LogP contribution >= 0.6 is 11.6 Å². The first-order chi connectivity index (χ1) is 11.1. The van der Waals surface area contributed by atoms with Crippen LogP contribution in [0.3, 0.4) is 0 Å². The van der Waals surface area contributed by atoms with Crippen molar-refractivity contribution in [1.29, 1.82) is 0 Å². The van der Waals surface area contributed by atoms with Crippen LogP contribution < -0.4 is 15.4 Å². The van der Waals surface area contributed by atoms with Crippen LogP contribution in [0.1, 0.15) is 0 Å². The van der Waals surface area contributed by atoms with E-state index in [1.54, 1.807) is 24.4 Å². The third-order valence-corrected chi connectivity index (χ3v) is 3.20. The number of fused-ring (bicyclic) bond motifs is 1. The highest BCUT2D eigenvalue weighted by Gasteiger charge is 2.13. The van der Waals surface area contributed by atoms with Gasteiger partial charge in [0, 0.05) is 17.4 Å². The van der Waals surface area contributed by atoms with E-state index >= 15 is 0 Å². The molecule has 3 aromatic rings. The number of aromatic nitrogens is 4. The summed E-state index contributed by atoms with van der Waals surface area (Å²) in [5.41, 5.74) is 0.939. The Kier molecular flexibility index (Phi) is 3.85. The van der Waals surface area contributed by atoms with E-state index in [1.165, 1.54) is 17.7 Å². The number of nitrogens with one attached hydrogen (secondary N) is 2. The Morgan fingerprint density at radius 2 is 2.22 bits per heavy atom. The summed E-state index contributed by atoms with van der Waals surface area (Å²) in [5.74, 6) is 1.01. The molecule has 0 saturated heterocycles. The maximum absolute atomic E-state index is 10.8. The number of nitrogens with zero attached hydrogens (tertiary/aromatic N) is 4. The average Bonchev–Trinajstić information content (AvgIpc) is 2.91. The van der Waals surface area contributed by atoms with Crippen molar-refractivity contribution in [2.75, 3.05) is 17.7 Å². The van der Waals surface area contributed by atoms with Gasteiger partial charge < -0.3 is 15.2 Å². The number of carbonyl (C=O) groups is 1. The number of rotatable bonds is 4. The van der Waals surface area contributed by atoms with E-state index in [0.29, 0.717) is 27.9 Å². The number of methoxy groups -OCH3 is 1. The molecule has 0 aliphatic heterocycles. The number of halogens is 1. The van der Waals surface area contributed by atoms with E-state index in [9.17, 15) is 4.79 Å². The van der Waals surface area contributed by atoms with Gasteiger partial charge in [-0.2, -0.15) is 0 Å². The molecule has 2 aromatic heterocycles. The molecule has 118 valence electrons. The molecular formula is C13H11ClN6O3. The van der Waals surface area contributed by atoms with Crippen molar-refractivity contribution in [1.82, 2.24) is 19.6 Å². The van der Waals surface area contributed by atoms with Gasteiger partial charge in [-0.1, -0.05) is 11.6 Å². The average molecular weight is 335 g/mol. The van der Waals surface area contributed by atoms with E-state index in [0.717, 1.165) is 0 Å². The molecule has 0 bridgehead atoms. The topological polar surface area (TPSA) is 114 Å². The zero-order valence-electron chi connectivity index (χ0n) is 11.8. The maximum atomic E-state index is 10.8. The Bertz CT molecular complexity index is 881. The minimum absolute atomic E-state index is 0.0657. The number of anilines is 3. The van der Waals surface area contributed by atoms with Crippen LogP contribution in [-0.4, -0.2) is 37.9 Å². The standard InChI is InChI=1S/C13H11ClN6O3/c1-23-9-3-2-7(14)6-8(9)16-10-11-18-19-12(17-13(21)22)20(11)5-4-15-10/h2-6H,1H3,(H,15,16)(H,17,19)(H,21,22). The summed E-state index contributed by atoms with van der Waals surface area (Å²) >= 11 is 6.00. The smallest absolute Gasteiger partial charge is 0.411 e. The molecule has 9 nitrogen and oxygen atoms in total. The van der Waals surface area contributed by atoms with E-state index in [1.807, 2.05) is 0 Å². The fourth-order valence-electron chi connectivity index (χ4n) is 2.00. The highest BCUT2D eigenvalue weighted by molar-refractivity contribution is 6.31. The number of benzene rings is 1. The quantitative estimate of drug-likeness (QED) is 0.672. The van der Waals surface area contributed by atoms with Crippen molar-refractivity contribution in [3.63, 3.8) is 0 Å². The third-order valence-electron chi connectivity index (χ3n) is 2.96. The first-order valence-electron chi connectivity index (χ1n) is 6.38. The molecular weight excluding hydrogens is 324 g/mol. The molecule has 23 heavy (non-hydrogen) atoms. The lowest BCUT2D eigenvalue weighted by atomic mass is 10.3. The van der Waals surface area contributed by atoms with Crippen LogP contribution in [0.5, 0.6) is 5.75 Å². The normalized spacial score (nSPS) is 10.5. The number of ether oxygens (including phenoxy) is 1. The molecule has 0 spiro atoms.